The average molecular weight is 563 g/mol. The van der Waals surface area contributed by atoms with Crippen molar-refractivity contribution in [1.29, 1.82) is 0 Å². The summed E-state index contributed by atoms with van der Waals surface area (Å²) in [6.07, 6.45) is 2.89. The number of hydrogen-bond acceptors (Lipinski definition) is 5. The maximum absolute atomic E-state index is 15.0. The van der Waals surface area contributed by atoms with Gasteiger partial charge in [0.1, 0.15) is 11.6 Å². The second kappa shape index (κ2) is 10.4. The predicted octanol–water partition coefficient (Wildman–Crippen LogP) is 4.79. The number of aromatic nitrogens is 3. The Morgan fingerprint density at radius 3 is 2.58 bits per heavy atom. The molecule has 206 valence electrons. The topological polar surface area (TPSA) is 97.4 Å². The van der Waals surface area contributed by atoms with E-state index >= 15 is 0 Å². The van der Waals surface area contributed by atoms with E-state index in [9.17, 15) is 23.9 Å². The van der Waals surface area contributed by atoms with E-state index in [1.807, 2.05) is 20.8 Å². The van der Waals surface area contributed by atoms with Crippen LogP contribution in [-0.4, -0.2) is 43.1 Å². The van der Waals surface area contributed by atoms with Gasteiger partial charge in [-0.1, -0.05) is 38.1 Å². The summed E-state index contributed by atoms with van der Waals surface area (Å²) in [7, 11) is 0. The second-order valence-electron chi connectivity index (χ2n) is 10.3. The molecule has 0 unspecified atom stereocenters. The van der Waals surface area contributed by atoms with Crippen LogP contribution < -0.4 is 11.1 Å². The predicted molar refractivity (Wildman–Crippen MR) is 153 cm³/mol. The Kier molecular flexibility index (Phi) is 7.10. The van der Waals surface area contributed by atoms with E-state index in [0.717, 1.165) is 5.56 Å². The van der Waals surface area contributed by atoms with E-state index in [0.29, 0.717) is 35.5 Å². The van der Waals surface area contributed by atoms with Crippen molar-refractivity contribution in [2.75, 3.05) is 13.1 Å². The lowest BCUT2D eigenvalue weighted by Gasteiger charge is -2.39. The number of likely N-dealkylation sites (tertiary alicyclic amines) is 1. The van der Waals surface area contributed by atoms with E-state index in [1.54, 1.807) is 17.2 Å². The number of hydrogen-bond donors (Lipinski definition) is 1. The van der Waals surface area contributed by atoms with Crippen LogP contribution in [-0.2, 0) is 11.3 Å². The molecule has 3 heterocycles. The Hall–Kier alpha value is -4.24. The number of pyridine rings is 1. The molecule has 2 aromatic heterocycles. The molecule has 1 amide bonds. The van der Waals surface area contributed by atoms with Gasteiger partial charge in [-0.25, -0.2) is 4.39 Å². The van der Waals surface area contributed by atoms with Crippen LogP contribution in [0.25, 0.3) is 27.8 Å². The summed E-state index contributed by atoms with van der Waals surface area (Å²) < 4.78 is 17.6. The van der Waals surface area contributed by atoms with E-state index in [2.05, 4.69) is 11.6 Å². The maximum atomic E-state index is 15.0. The molecule has 5 rings (SSSR count). The third kappa shape index (κ3) is 4.50. The standard InChI is InChI=1S/C30H28ClFN4O4/c1-5-25(38)34-13-18(14-34)15-35-22-12-20(31)19(26-21(32)7-6-8-24(26)37)11-23(22)36(30(40)29(35)39)28-17(4)9-10-33-27(28)16(2)3/h5-12,16,18,37H,1,13-15H2,2-4H3. The molecule has 0 saturated carbocycles. The number of amides is 1. The lowest BCUT2D eigenvalue weighted by atomic mass is 9.99. The van der Waals surface area contributed by atoms with Crippen LogP contribution >= 0.6 is 11.6 Å². The normalized spacial score (nSPS) is 13.6. The molecule has 0 bridgehead atoms. The third-order valence-corrected chi connectivity index (χ3v) is 7.61. The number of rotatable bonds is 6. The summed E-state index contributed by atoms with van der Waals surface area (Å²) in [5.41, 5.74) is 0.979. The summed E-state index contributed by atoms with van der Waals surface area (Å²) in [5, 5.41) is 10.6. The molecule has 1 aliphatic rings. The number of aryl methyl sites for hydroxylation is 1. The molecule has 0 aliphatic carbocycles. The lowest BCUT2D eigenvalue weighted by molar-refractivity contribution is -0.132. The highest BCUT2D eigenvalue weighted by molar-refractivity contribution is 6.34. The average Bonchev–Trinajstić information content (AvgIpc) is 2.88. The molecule has 1 aliphatic heterocycles. The molecule has 10 heteroatoms. The number of nitrogens with zero attached hydrogens (tertiary/aromatic N) is 4. The number of fused-ring (bicyclic) bond motifs is 1. The number of aromatic hydroxyl groups is 1. The van der Waals surface area contributed by atoms with Crippen LogP contribution in [0.15, 0.2) is 64.8 Å². The smallest absolute Gasteiger partial charge is 0.321 e. The van der Waals surface area contributed by atoms with Crippen LogP contribution in [0.3, 0.4) is 0 Å². The summed E-state index contributed by atoms with van der Waals surface area (Å²) in [5.74, 6) is -1.35. The minimum absolute atomic E-state index is 0.0690. The fraction of sp³-hybridized carbons (Fsp3) is 0.267. The van der Waals surface area contributed by atoms with Gasteiger partial charge < -0.3 is 14.6 Å². The summed E-state index contributed by atoms with van der Waals surface area (Å²) in [6.45, 7) is 10.2. The summed E-state index contributed by atoms with van der Waals surface area (Å²) >= 11 is 6.67. The summed E-state index contributed by atoms with van der Waals surface area (Å²) in [6, 6.07) is 8.73. The Bertz CT molecular complexity index is 1780. The van der Waals surface area contributed by atoms with Gasteiger partial charge in [0, 0.05) is 37.3 Å². The monoisotopic (exact) mass is 562 g/mol. The molecular weight excluding hydrogens is 535 g/mol. The van der Waals surface area contributed by atoms with Crippen LogP contribution in [0.4, 0.5) is 4.39 Å². The van der Waals surface area contributed by atoms with Crippen LogP contribution in [0.2, 0.25) is 5.02 Å². The van der Waals surface area contributed by atoms with Gasteiger partial charge in [0.05, 0.1) is 33.0 Å². The van der Waals surface area contributed by atoms with Gasteiger partial charge >= 0.3 is 11.1 Å². The maximum Gasteiger partial charge on any atom is 0.321 e. The molecule has 1 saturated heterocycles. The molecule has 4 aromatic rings. The van der Waals surface area contributed by atoms with Crippen LogP contribution in [0.5, 0.6) is 5.75 Å². The number of phenolic OH excluding ortho intramolecular Hbond substituents is 1. The van der Waals surface area contributed by atoms with Gasteiger partial charge in [0.15, 0.2) is 0 Å². The molecule has 0 radical (unpaired) electrons. The number of benzene rings is 2. The Balaban J connectivity index is 1.83. The fourth-order valence-electron chi connectivity index (χ4n) is 5.29. The van der Waals surface area contributed by atoms with E-state index in [-0.39, 0.29) is 46.2 Å². The first kappa shape index (κ1) is 27.3. The van der Waals surface area contributed by atoms with Crippen LogP contribution in [0.1, 0.15) is 31.0 Å². The molecule has 0 spiro atoms. The minimum Gasteiger partial charge on any atom is -0.507 e. The van der Waals surface area contributed by atoms with Crippen LogP contribution in [0, 0.1) is 18.7 Å². The third-order valence-electron chi connectivity index (χ3n) is 7.30. The fourth-order valence-corrected chi connectivity index (χ4v) is 5.54. The molecule has 2 aromatic carbocycles. The van der Waals surface area contributed by atoms with Crippen molar-refractivity contribution in [3.05, 3.63) is 98.1 Å². The highest BCUT2D eigenvalue weighted by Gasteiger charge is 2.31. The first-order valence-electron chi connectivity index (χ1n) is 12.9. The summed E-state index contributed by atoms with van der Waals surface area (Å²) in [4.78, 5) is 45.6. The molecular formula is C30H28ClFN4O4. The number of halogens is 2. The number of phenols is 1. The lowest BCUT2D eigenvalue weighted by Crippen LogP contribution is -2.52. The molecule has 0 atom stereocenters. The van der Waals surface area contributed by atoms with E-state index < -0.39 is 16.9 Å². The quantitative estimate of drug-likeness (QED) is 0.269. The van der Waals surface area contributed by atoms with Crippen molar-refractivity contribution in [3.8, 4) is 22.6 Å². The largest absolute Gasteiger partial charge is 0.507 e. The molecule has 40 heavy (non-hydrogen) atoms. The zero-order valence-electron chi connectivity index (χ0n) is 22.3. The van der Waals surface area contributed by atoms with Crippen molar-refractivity contribution in [1.82, 2.24) is 19.0 Å². The Morgan fingerprint density at radius 1 is 1.20 bits per heavy atom. The number of carbonyl (C=O) groups excluding carboxylic acids is 1. The van der Waals surface area contributed by atoms with Crippen molar-refractivity contribution >= 4 is 28.5 Å². The van der Waals surface area contributed by atoms with Gasteiger partial charge in [-0.3, -0.25) is 23.9 Å². The van der Waals surface area contributed by atoms with Crippen molar-refractivity contribution in [3.63, 3.8) is 0 Å². The van der Waals surface area contributed by atoms with E-state index in [1.165, 1.54) is 45.5 Å². The first-order valence-corrected chi connectivity index (χ1v) is 13.2. The highest BCUT2D eigenvalue weighted by atomic mass is 35.5. The van der Waals surface area contributed by atoms with Gasteiger partial charge in [-0.2, -0.15) is 0 Å². The van der Waals surface area contributed by atoms with Gasteiger partial charge in [0.2, 0.25) is 5.91 Å². The zero-order valence-corrected chi connectivity index (χ0v) is 23.1. The SMILES string of the molecule is C=CC(=O)N1CC(Cn2c(=O)c(=O)n(-c3c(C)ccnc3C(C)C)c3cc(-c4c(O)cccc4F)c(Cl)cc32)C1. The van der Waals surface area contributed by atoms with E-state index in [4.69, 9.17) is 11.6 Å². The molecule has 1 fully saturated rings. The zero-order chi connectivity index (χ0) is 28.9. The first-order chi connectivity index (χ1) is 19.0. The van der Waals surface area contributed by atoms with Gasteiger partial charge in [0.25, 0.3) is 0 Å². The second-order valence-corrected chi connectivity index (χ2v) is 10.7. The highest BCUT2D eigenvalue weighted by Crippen LogP contribution is 2.39. The molecule has 1 N–H and O–H groups in total. The Morgan fingerprint density at radius 2 is 1.93 bits per heavy atom. The van der Waals surface area contributed by atoms with Crippen molar-refractivity contribution in [2.24, 2.45) is 5.92 Å². The van der Waals surface area contributed by atoms with Crippen molar-refractivity contribution in [2.45, 2.75) is 33.2 Å². The molecule has 8 nitrogen and oxygen atoms in total. The minimum atomic E-state index is -0.796. The number of carbonyl (C=O) groups is 1. The van der Waals surface area contributed by atoms with Gasteiger partial charge in [-0.15, -0.1) is 0 Å². The Labute approximate surface area is 234 Å². The van der Waals surface area contributed by atoms with Crippen molar-refractivity contribution < 1.29 is 14.3 Å². The van der Waals surface area contributed by atoms with Gasteiger partial charge in [-0.05, 0) is 54.8 Å².